The third-order valence-corrected chi connectivity index (χ3v) is 5.64. The van der Waals surface area contributed by atoms with Crippen LogP contribution in [0, 0.1) is 6.92 Å². The van der Waals surface area contributed by atoms with E-state index in [1.807, 2.05) is 29.8 Å². The van der Waals surface area contributed by atoms with Crippen LogP contribution in [-0.4, -0.2) is 45.8 Å². The SMILES string of the molecule is CCc1cc(N2CCN[C@H](C)C2)ccc1/C=C(\C(C)=O)c1cn2cc(C)cnc2n1. The van der Waals surface area contributed by atoms with Crippen LogP contribution in [-0.2, 0) is 11.2 Å². The summed E-state index contributed by atoms with van der Waals surface area (Å²) in [5.41, 5.74) is 5.85. The molecule has 30 heavy (non-hydrogen) atoms. The molecule has 1 saturated heterocycles. The van der Waals surface area contributed by atoms with E-state index in [-0.39, 0.29) is 5.78 Å². The zero-order valence-corrected chi connectivity index (χ0v) is 18.1. The van der Waals surface area contributed by atoms with Gasteiger partial charge in [0.1, 0.15) is 0 Å². The van der Waals surface area contributed by atoms with E-state index in [0.717, 1.165) is 37.2 Å². The highest BCUT2D eigenvalue weighted by atomic mass is 16.1. The lowest BCUT2D eigenvalue weighted by atomic mass is 9.98. The van der Waals surface area contributed by atoms with Crippen LogP contribution < -0.4 is 10.2 Å². The Morgan fingerprint density at radius 1 is 1.33 bits per heavy atom. The number of nitrogens with one attached hydrogen (secondary N) is 1. The van der Waals surface area contributed by atoms with Crippen molar-refractivity contribution in [3.63, 3.8) is 0 Å². The second-order valence-electron chi connectivity index (χ2n) is 8.12. The quantitative estimate of drug-likeness (QED) is 0.661. The van der Waals surface area contributed by atoms with Gasteiger partial charge in [-0.2, -0.15) is 0 Å². The number of hydrogen-bond donors (Lipinski definition) is 1. The number of Topliss-reactive ketones (excluding diaryl/α,β-unsaturated/α-hetero) is 1. The summed E-state index contributed by atoms with van der Waals surface area (Å²) in [4.78, 5) is 23.8. The van der Waals surface area contributed by atoms with Crippen molar-refractivity contribution >= 4 is 28.9 Å². The maximum Gasteiger partial charge on any atom is 0.234 e. The highest BCUT2D eigenvalue weighted by Gasteiger charge is 2.18. The number of carbonyl (C=O) groups is 1. The summed E-state index contributed by atoms with van der Waals surface area (Å²) >= 11 is 0. The number of rotatable bonds is 5. The van der Waals surface area contributed by atoms with Crippen molar-refractivity contribution in [2.75, 3.05) is 24.5 Å². The Bertz CT molecular complexity index is 1110. The van der Waals surface area contributed by atoms with Gasteiger partial charge in [0.25, 0.3) is 0 Å². The fourth-order valence-electron chi connectivity index (χ4n) is 4.03. The van der Waals surface area contributed by atoms with E-state index in [4.69, 9.17) is 0 Å². The van der Waals surface area contributed by atoms with Crippen molar-refractivity contribution < 1.29 is 4.79 Å². The summed E-state index contributed by atoms with van der Waals surface area (Å²) in [5, 5.41) is 3.49. The largest absolute Gasteiger partial charge is 0.369 e. The topological polar surface area (TPSA) is 62.5 Å². The van der Waals surface area contributed by atoms with Crippen LogP contribution in [0.5, 0.6) is 0 Å². The van der Waals surface area contributed by atoms with E-state index in [2.05, 4.69) is 52.2 Å². The number of nitrogens with zero attached hydrogens (tertiary/aromatic N) is 4. The fraction of sp³-hybridized carbons (Fsp3) is 0.375. The second-order valence-corrected chi connectivity index (χ2v) is 8.12. The third kappa shape index (κ3) is 4.14. The molecule has 0 saturated carbocycles. The Morgan fingerprint density at radius 3 is 2.90 bits per heavy atom. The van der Waals surface area contributed by atoms with E-state index < -0.39 is 0 Å². The molecule has 0 spiro atoms. The molecule has 4 rings (SSSR count). The molecule has 1 fully saturated rings. The molecule has 0 radical (unpaired) electrons. The number of benzene rings is 1. The molecule has 1 atom stereocenters. The average Bonchev–Trinajstić information content (AvgIpc) is 3.14. The Morgan fingerprint density at radius 2 is 2.17 bits per heavy atom. The van der Waals surface area contributed by atoms with Gasteiger partial charge in [0.05, 0.1) is 5.69 Å². The molecule has 156 valence electrons. The first-order chi connectivity index (χ1) is 14.4. The molecular formula is C24H29N5O. The molecule has 1 N–H and O–H groups in total. The highest BCUT2D eigenvalue weighted by Crippen LogP contribution is 2.26. The summed E-state index contributed by atoms with van der Waals surface area (Å²) in [5.74, 6) is 0.596. The number of hydrogen-bond acceptors (Lipinski definition) is 5. The predicted octanol–water partition coefficient (Wildman–Crippen LogP) is 3.53. The summed E-state index contributed by atoms with van der Waals surface area (Å²) < 4.78 is 1.87. The average molecular weight is 404 g/mol. The lowest BCUT2D eigenvalue weighted by molar-refractivity contribution is -0.111. The molecule has 3 heterocycles. The van der Waals surface area contributed by atoms with Crippen LogP contribution in [0.1, 0.15) is 43.2 Å². The van der Waals surface area contributed by atoms with Gasteiger partial charge in [-0.25, -0.2) is 9.97 Å². The smallest absolute Gasteiger partial charge is 0.234 e. The van der Waals surface area contributed by atoms with Crippen LogP contribution in [0.2, 0.25) is 0 Å². The van der Waals surface area contributed by atoms with Crippen molar-refractivity contribution in [3.8, 4) is 0 Å². The molecule has 6 nitrogen and oxygen atoms in total. The van der Waals surface area contributed by atoms with Gasteiger partial charge in [0, 0.05) is 55.5 Å². The summed E-state index contributed by atoms with van der Waals surface area (Å²) in [6, 6.07) is 7.04. The lowest BCUT2D eigenvalue weighted by Gasteiger charge is -2.34. The minimum absolute atomic E-state index is 0.00260. The van der Waals surface area contributed by atoms with Gasteiger partial charge in [-0.15, -0.1) is 0 Å². The minimum Gasteiger partial charge on any atom is -0.369 e. The van der Waals surface area contributed by atoms with Crippen molar-refractivity contribution in [1.29, 1.82) is 0 Å². The molecule has 0 amide bonds. The molecule has 1 aliphatic rings. The van der Waals surface area contributed by atoms with Gasteiger partial charge in [-0.05, 0) is 62.1 Å². The summed E-state index contributed by atoms with van der Waals surface area (Å²) in [7, 11) is 0. The van der Waals surface area contributed by atoms with Crippen molar-refractivity contribution in [2.45, 2.75) is 40.2 Å². The lowest BCUT2D eigenvalue weighted by Crippen LogP contribution is -2.49. The first kappa shape index (κ1) is 20.3. The van der Waals surface area contributed by atoms with Gasteiger partial charge in [-0.3, -0.25) is 9.20 Å². The highest BCUT2D eigenvalue weighted by molar-refractivity contribution is 6.23. The first-order valence-corrected chi connectivity index (χ1v) is 10.6. The standard InChI is InChI=1S/C24H29N5O/c1-5-19-10-21(28-9-8-25-17(3)14-28)7-6-20(19)11-22(18(4)30)23-15-29-13-16(2)12-26-24(29)27-23/h6-7,10-13,15,17,25H,5,8-9,14H2,1-4H3/b22-11+/t17-/m1/s1. The van der Waals surface area contributed by atoms with E-state index >= 15 is 0 Å². The van der Waals surface area contributed by atoms with Crippen LogP contribution in [0.25, 0.3) is 17.4 Å². The van der Waals surface area contributed by atoms with Crippen molar-refractivity contribution in [2.24, 2.45) is 0 Å². The summed E-state index contributed by atoms with van der Waals surface area (Å²) in [6.45, 7) is 11.0. The van der Waals surface area contributed by atoms with E-state index in [1.54, 1.807) is 13.1 Å². The van der Waals surface area contributed by atoms with Crippen molar-refractivity contribution in [3.05, 3.63) is 59.2 Å². The number of anilines is 1. The monoisotopic (exact) mass is 403 g/mol. The Kier molecular flexibility index (Phi) is 5.68. The number of aromatic nitrogens is 3. The van der Waals surface area contributed by atoms with Crippen LogP contribution in [0.4, 0.5) is 5.69 Å². The maximum absolute atomic E-state index is 12.5. The second kappa shape index (κ2) is 8.40. The van der Waals surface area contributed by atoms with E-state index in [9.17, 15) is 4.79 Å². The first-order valence-electron chi connectivity index (χ1n) is 10.6. The Hall–Kier alpha value is -2.99. The Balaban J connectivity index is 1.71. The molecule has 6 heteroatoms. The number of fused-ring (bicyclic) bond motifs is 1. The molecule has 2 aromatic heterocycles. The van der Waals surface area contributed by atoms with Gasteiger partial charge >= 0.3 is 0 Å². The van der Waals surface area contributed by atoms with Crippen molar-refractivity contribution in [1.82, 2.24) is 19.7 Å². The van der Waals surface area contributed by atoms with Gasteiger partial charge in [0.2, 0.25) is 5.78 Å². The molecule has 3 aromatic rings. The third-order valence-electron chi connectivity index (χ3n) is 5.64. The molecule has 0 aliphatic carbocycles. The molecular weight excluding hydrogens is 374 g/mol. The molecule has 1 aromatic carbocycles. The number of aryl methyl sites for hydroxylation is 2. The Labute approximate surface area is 177 Å². The number of imidazole rings is 1. The van der Waals surface area contributed by atoms with Gasteiger partial charge in [0.15, 0.2) is 5.78 Å². The van der Waals surface area contributed by atoms with E-state index in [1.165, 1.54) is 11.3 Å². The molecule has 1 aliphatic heterocycles. The number of carbonyl (C=O) groups excluding carboxylic acids is 1. The normalized spacial score (nSPS) is 17.5. The van der Waals surface area contributed by atoms with Crippen LogP contribution in [0.15, 0.2) is 36.8 Å². The number of piperazine rings is 1. The minimum atomic E-state index is -0.00260. The zero-order chi connectivity index (χ0) is 21.3. The number of ketones is 1. The van der Waals surface area contributed by atoms with Gasteiger partial charge in [-0.1, -0.05) is 13.0 Å². The van der Waals surface area contributed by atoms with Crippen LogP contribution >= 0.6 is 0 Å². The maximum atomic E-state index is 12.5. The zero-order valence-electron chi connectivity index (χ0n) is 18.1. The molecule has 0 bridgehead atoms. The van der Waals surface area contributed by atoms with Gasteiger partial charge < -0.3 is 10.2 Å². The molecule has 0 unspecified atom stereocenters. The summed E-state index contributed by atoms with van der Waals surface area (Å²) in [6.07, 6.45) is 8.51. The fourth-order valence-corrected chi connectivity index (χ4v) is 4.03. The number of allylic oxidation sites excluding steroid dienone is 1. The van der Waals surface area contributed by atoms with Crippen LogP contribution in [0.3, 0.4) is 0 Å². The van der Waals surface area contributed by atoms with E-state index in [0.29, 0.717) is 23.1 Å². The predicted molar refractivity (Wildman–Crippen MR) is 122 cm³/mol.